The van der Waals surface area contributed by atoms with E-state index in [0.717, 1.165) is 32.9 Å². The molecular weight excluding hydrogens is 428 g/mol. The summed E-state index contributed by atoms with van der Waals surface area (Å²) >= 11 is 1.55. The van der Waals surface area contributed by atoms with Gasteiger partial charge in [0.1, 0.15) is 0 Å². The van der Waals surface area contributed by atoms with Crippen molar-refractivity contribution in [3.8, 4) is 28.1 Å². The highest BCUT2D eigenvalue weighted by atomic mass is 32.1. The summed E-state index contributed by atoms with van der Waals surface area (Å²) in [5.41, 5.74) is 7.82. The van der Waals surface area contributed by atoms with Crippen molar-refractivity contribution in [1.82, 2.24) is 15.2 Å². The van der Waals surface area contributed by atoms with Gasteiger partial charge in [0, 0.05) is 10.4 Å². The Bertz CT molecular complexity index is 1370. The minimum atomic E-state index is -0.361. The summed E-state index contributed by atoms with van der Waals surface area (Å²) in [5, 5.41) is 10.6. The zero-order chi connectivity index (χ0) is 22.5. The van der Waals surface area contributed by atoms with E-state index in [4.69, 9.17) is 0 Å². The number of nitrogens with one attached hydrogen (secondary N) is 1. The number of amides is 1. The van der Waals surface area contributed by atoms with Crippen LogP contribution in [0.15, 0.2) is 114 Å². The van der Waals surface area contributed by atoms with Crippen LogP contribution >= 0.6 is 11.3 Å². The third-order valence-electron chi connectivity index (χ3n) is 5.13. The van der Waals surface area contributed by atoms with Crippen LogP contribution in [0.2, 0.25) is 0 Å². The molecular formula is C27H20N4OS. The van der Waals surface area contributed by atoms with E-state index < -0.39 is 0 Å². The molecule has 3 aromatic carbocycles. The highest BCUT2D eigenvalue weighted by Gasteiger charge is 2.16. The highest BCUT2D eigenvalue weighted by Crippen LogP contribution is 2.27. The number of hydrogen-bond acceptors (Lipinski definition) is 4. The number of aromatic nitrogens is 2. The number of hydrazone groups is 1. The zero-order valence-corrected chi connectivity index (χ0v) is 18.4. The number of para-hydroxylation sites is 1. The minimum absolute atomic E-state index is 0.296. The summed E-state index contributed by atoms with van der Waals surface area (Å²) in [6, 6.07) is 33.9. The summed E-state index contributed by atoms with van der Waals surface area (Å²) in [4.78, 5) is 13.7. The Hall–Kier alpha value is -4.29. The lowest BCUT2D eigenvalue weighted by molar-refractivity contribution is 0.0949. The molecule has 5 nitrogen and oxygen atoms in total. The molecule has 1 N–H and O–H groups in total. The van der Waals surface area contributed by atoms with E-state index >= 15 is 0 Å². The Morgan fingerprint density at radius 1 is 0.818 bits per heavy atom. The fraction of sp³-hybridized carbons (Fsp3) is 0. The lowest BCUT2D eigenvalue weighted by Gasteiger charge is -2.08. The van der Waals surface area contributed by atoms with Crippen molar-refractivity contribution in [2.75, 3.05) is 0 Å². The summed E-state index contributed by atoms with van der Waals surface area (Å²) < 4.78 is 1.79. The van der Waals surface area contributed by atoms with E-state index in [0.29, 0.717) is 5.69 Å². The van der Waals surface area contributed by atoms with E-state index in [2.05, 4.69) is 52.0 Å². The smallest absolute Gasteiger partial charge is 0.265 e. The van der Waals surface area contributed by atoms with Crippen molar-refractivity contribution >= 4 is 23.5 Å². The average Bonchev–Trinajstić information content (AvgIpc) is 3.56. The quantitative estimate of drug-likeness (QED) is 0.255. The van der Waals surface area contributed by atoms with Gasteiger partial charge in [-0.3, -0.25) is 4.79 Å². The Morgan fingerprint density at radius 2 is 1.48 bits per heavy atom. The van der Waals surface area contributed by atoms with Gasteiger partial charge in [-0.1, -0.05) is 78.9 Å². The van der Waals surface area contributed by atoms with Crippen molar-refractivity contribution in [2.24, 2.45) is 5.10 Å². The van der Waals surface area contributed by atoms with Crippen LogP contribution in [-0.4, -0.2) is 21.9 Å². The molecule has 5 aromatic rings. The van der Waals surface area contributed by atoms with Gasteiger partial charge in [-0.15, -0.1) is 11.3 Å². The van der Waals surface area contributed by atoms with Crippen LogP contribution in [0.1, 0.15) is 15.4 Å². The molecule has 2 heterocycles. The normalized spacial score (nSPS) is 11.0. The second-order valence-corrected chi connectivity index (χ2v) is 8.30. The number of benzene rings is 3. The van der Waals surface area contributed by atoms with Crippen LogP contribution in [0.25, 0.3) is 28.1 Å². The lowest BCUT2D eigenvalue weighted by atomic mass is 10.0. The van der Waals surface area contributed by atoms with E-state index in [1.165, 1.54) is 0 Å². The topological polar surface area (TPSA) is 59.3 Å². The molecule has 0 bridgehead atoms. The van der Waals surface area contributed by atoms with Gasteiger partial charge in [0.2, 0.25) is 0 Å². The molecule has 0 spiro atoms. The Labute approximate surface area is 195 Å². The SMILES string of the molecule is O=C(N/N=C\c1cccs1)c1cc(-c2ccc(-c3ccccc3)cc2)n(-c2ccccc2)n1. The number of nitrogens with zero attached hydrogens (tertiary/aromatic N) is 3. The van der Waals surface area contributed by atoms with E-state index in [-0.39, 0.29) is 5.91 Å². The number of carbonyl (C=O) groups excluding carboxylic acids is 1. The molecule has 5 rings (SSSR count). The van der Waals surface area contributed by atoms with E-state index in [1.807, 2.05) is 66.0 Å². The molecule has 1 amide bonds. The van der Waals surface area contributed by atoms with Crippen molar-refractivity contribution < 1.29 is 4.79 Å². The summed E-state index contributed by atoms with van der Waals surface area (Å²) in [7, 11) is 0. The molecule has 0 saturated carbocycles. The van der Waals surface area contributed by atoms with Gasteiger partial charge in [-0.05, 0) is 40.8 Å². The van der Waals surface area contributed by atoms with Gasteiger partial charge in [-0.2, -0.15) is 10.2 Å². The monoisotopic (exact) mass is 448 g/mol. The van der Waals surface area contributed by atoms with Crippen LogP contribution in [0.4, 0.5) is 0 Å². The Morgan fingerprint density at radius 3 is 2.18 bits per heavy atom. The summed E-state index contributed by atoms with van der Waals surface area (Å²) in [6.45, 7) is 0. The first-order valence-electron chi connectivity index (χ1n) is 10.5. The molecule has 33 heavy (non-hydrogen) atoms. The predicted octanol–water partition coefficient (Wildman–Crippen LogP) is 6.03. The van der Waals surface area contributed by atoms with Crippen LogP contribution in [0, 0.1) is 0 Å². The molecule has 0 unspecified atom stereocenters. The Balaban J connectivity index is 1.47. The number of carbonyl (C=O) groups is 1. The third kappa shape index (κ3) is 4.66. The van der Waals surface area contributed by atoms with Crippen molar-refractivity contribution in [2.45, 2.75) is 0 Å². The molecule has 0 atom stereocenters. The number of hydrogen-bond donors (Lipinski definition) is 1. The second kappa shape index (κ2) is 9.46. The van der Waals surface area contributed by atoms with Gasteiger partial charge in [0.25, 0.3) is 5.91 Å². The summed E-state index contributed by atoms with van der Waals surface area (Å²) in [5.74, 6) is -0.361. The maximum absolute atomic E-state index is 12.7. The number of thiophene rings is 1. The highest BCUT2D eigenvalue weighted by molar-refractivity contribution is 7.11. The van der Waals surface area contributed by atoms with E-state index in [1.54, 1.807) is 28.3 Å². The van der Waals surface area contributed by atoms with Gasteiger partial charge in [0.15, 0.2) is 5.69 Å². The van der Waals surface area contributed by atoms with Gasteiger partial charge in [0.05, 0.1) is 17.6 Å². The molecule has 0 saturated heterocycles. The van der Waals surface area contributed by atoms with Crippen LogP contribution in [0.3, 0.4) is 0 Å². The fourth-order valence-electron chi connectivity index (χ4n) is 3.50. The molecule has 0 fully saturated rings. The molecule has 0 aliphatic carbocycles. The predicted molar refractivity (Wildman–Crippen MR) is 134 cm³/mol. The van der Waals surface area contributed by atoms with Crippen LogP contribution in [-0.2, 0) is 0 Å². The molecule has 0 aliphatic rings. The molecule has 6 heteroatoms. The third-order valence-corrected chi connectivity index (χ3v) is 5.94. The maximum Gasteiger partial charge on any atom is 0.291 e. The van der Waals surface area contributed by atoms with Gasteiger partial charge in [-0.25, -0.2) is 10.1 Å². The molecule has 0 radical (unpaired) electrons. The van der Waals surface area contributed by atoms with Crippen molar-refractivity contribution in [3.05, 3.63) is 119 Å². The standard InChI is InChI=1S/C27H20N4OS/c32-27(29-28-19-24-12-7-17-33-24)25-18-26(31(30-25)23-10-5-2-6-11-23)22-15-13-21(14-16-22)20-8-3-1-4-9-20/h1-19H,(H,29,32)/b28-19-. The number of rotatable bonds is 6. The largest absolute Gasteiger partial charge is 0.291 e. The first kappa shape index (κ1) is 20.6. The Kier molecular flexibility index (Phi) is 5.91. The second-order valence-electron chi connectivity index (χ2n) is 7.32. The van der Waals surface area contributed by atoms with Gasteiger partial charge < -0.3 is 0 Å². The van der Waals surface area contributed by atoms with Crippen molar-refractivity contribution in [3.63, 3.8) is 0 Å². The van der Waals surface area contributed by atoms with E-state index in [9.17, 15) is 4.79 Å². The van der Waals surface area contributed by atoms with Crippen LogP contribution in [0.5, 0.6) is 0 Å². The molecule has 2 aromatic heterocycles. The van der Waals surface area contributed by atoms with Crippen molar-refractivity contribution in [1.29, 1.82) is 0 Å². The zero-order valence-electron chi connectivity index (χ0n) is 17.6. The average molecular weight is 449 g/mol. The first-order valence-corrected chi connectivity index (χ1v) is 11.3. The molecule has 0 aliphatic heterocycles. The maximum atomic E-state index is 12.7. The minimum Gasteiger partial charge on any atom is -0.265 e. The summed E-state index contributed by atoms with van der Waals surface area (Å²) in [6.07, 6.45) is 1.62. The van der Waals surface area contributed by atoms with Crippen LogP contribution < -0.4 is 5.43 Å². The molecule has 160 valence electrons. The van der Waals surface area contributed by atoms with Gasteiger partial charge >= 0.3 is 0 Å². The fourth-order valence-corrected chi connectivity index (χ4v) is 4.09. The lowest BCUT2D eigenvalue weighted by Crippen LogP contribution is -2.18. The first-order chi connectivity index (χ1) is 16.3.